The van der Waals surface area contributed by atoms with Crippen LogP contribution in [0.4, 0.5) is 8.78 Å². The Morgan fingerprint density at radius 2 is 1.90 bits per heavy atom. The third-order valence-corrected chi connectivity index (χ3v) is 5.86. The van der Waals surface area contributed by atoms with Gasteiger partial charge in [-0.25, -0.2) is 8.78 Å². The van der Waals surface area contributed by atoms with Gasteiger partial charge in [0.25, 0.3) is 6.43 Å². The molecule has 6 nitrogen and oxygen atoms in total. The Balaban J connectivity index is 0.00000341. The van der Waals surface area contributed by atoms with Crippen LogP contribution in [0, 0.1) is 0 Å². The lowest BCUT2D eigenvalue weighted by molar-refractivity contribution is 0.0744. The van der Waals surface area contributed by atoms with E-state index in [-0.39, 0.29) is 42.7 Å². The number of rotatable bonds is 8. The van der Waals surface area contributed by atoms with Gasteiger partial charge in [-0.2, -0.15) is 0 Å². The minimum absolute atomic E-state index is 0. The lowest BCUT2D eigenvalue weighted by Crippen LogP contribution is -2.49. The molecule has 2 N–H and O–H groups in total. The molecule has 1 heterocycles. The van der Waals surface area contributed by atoms with Gasteiger partial charge in [-0.15, -0.1) is 24.0 Å². The smallest absolute Gasteiger partial charge is 0.251 e. The summed E-state index contributed by atoms with van der Waals surface area (Å²) in [6.07, 6.45) is 4.20. The van der Waals surface area contributed by atoms with Crippen molar-refractivity contribution >= 4 is 29.9 Å². The van der Waals surface area contributed by atoms with E-state index in [1.807, 2.05) is 23.1 Å². The predicted molar refractivity (Wildman–Crippen MR) is 130 cm³/mol. The SMILES string of the molecule is CN=C(NCc1cccc(OC)c1OC1CCCC1)NC1CCN(CC(F)F)CC1.I. The Hall–Kier alpha value is -1.36. The van der Waals surface area contributed by atoms with Gasteiger partial charge in [-0.3, -0.25) is 9.89 Å². The van der Waals surface area contributed by atoms with Crippen LogP contribution in [0.2, 0.25) is 0 Å². The highest BCUT2D eigenvalue weighted by Gasteiger charge is 2.23. The molecular formula is C22H35F2IN4O2. The number of likely N-dealkylation sites (tertiary alicyclic amines) is 1. The lowest BCUT2D eigenvalue weighted by Gasteiger charge is -2.32. The topological polar surface area (TPSA) is 58.1 Å². The Morgan fingerprint density at radius 3 is 2.52 bits per heavy atom. The summed E-state index contributed by atoms with van der Waals surface area (Å²) >= 11 is 0. The third-order valence-electron chi connectivity index (χ3n) is 5.86. The minimum Gasteiger partial charge on any atom is -0.493 e. The molecule has 31 heavy (non-hydrogen) atoms. The molecule has 176 valence electrons. The Labute approximate surface area is 201 Å². The van der Waals surface area contributed by atoms with Crippen molar-refractivity contribution in [1.29, 1.82) is 0 Å². The summed E-state index contributed by atoms with van der Waals surface area (Å²) in [4.78, 5) is 6.15. The van der Waals surface area contributed by atoms with Crippen LogP contribution < -0.4 is 20.1 Å². The van der Waals surface area contributed by atoms with Crippen LogP contribution in [0.1, 0.15) is 44.1 Å². The summed E-state index contributed by atoms with van der Waals surface area (Å²) in [7, 11) is 3.40. The largest absolute Gasteiger partial charge is 0.493 e. The van der Waals surface area contributed by atoms with Crippen LogP contribution in [0.3, 0.4) is 0 Å². The number of benzene rings is 1. The summed E-state index contributed by atoms with van der Waals surface area (Å²) in [5, 5.41) is 6.79. The molecule has 9 heteroatoms. The lowest BCUT2D eigenvalue weighted by atomic mass is 10.1. The van der Waals surface area contributed by atoms with Crippen molar-refractivity contribution in [3.05, 3.63) is 23.8 Å². The number of ether oxygens (including phenoxy) is 2. The molecule has 2 fully saturated rings. The molecule has 1 aliphatic heterocycles. The number of alkyl halides is 2. The number of guanidine groups is 1. The second-order valence-electron chi connectivity index (χ2n) is 8.01. The first-order valence-corrected chi connectivity index (χ1v) is 10.9. The summed E-state index contributed by atoms with van der Waals surface area (Å²) in [5.41, 5.74) is 1.02. The molecular weight excluding hydrogens is 517 g/mol. The van der Waals surface area contributed by atoms with Gasteiger partial charge in [-0.05, 0) is 44.6 Å². The van der Waals surface area contributed by atoms with Crippen molar-refractivity contribution in [3.8, 4) is 11.5 Å². The molecule has 0 bridgehead atoms. The fourth-order valence-electron chi connectivity index (χ4n) is 4.19. The van der Waals surface area contributed by atoms with Crippen molar-refractivity contribution < 1.29 is 18.3 Å². The maximum atomic E-state index is 12.6. The average molecular weight is 552 g/mol. The van der Waals surface area contributed by atoms with Crippen molar-refractivity contribution in [2.45, 2.75) is 63.6 Å². The fraction of sp³-hybridized carbons (Fsp3) is 0.682. The van der Waals surface area contributed by atoms with E-state index in [2.05, 4.69) is 15.6 Å². The van der Waals surface area contributed by atoms with Crippen LogP contribution in [-0.4, -0.2) is 63.2 Å². The van der Waals surface area contributed by atoms with Gasteiger partial charge in [0.2, 0.25) is 0 Å². The normalized spacial score (nSPS) is 18.7. The molecule has 0 atom stereocenters. The van der Waals surface area contributed by atoms with E-state index >= 15 is 0 Å². The highest BCUT2D eigenvalue weighted by atomic mass is 127. The molecule has 0 aromatic heterocycles. The molecule has 0 spiro atoms. The van der Waals surface area contributed by atoms with Gasteiger partial charge in [0, 0.05) is 38.3 Å². The first-order chi connectivity index (χ1) is 14.6. The zero-order valence-corrected chi connectivity index (χ0v) is 20.7. The monoisotopic (exact) mass is 552 g/mol. The predicted octanol–water partition coefficient (Wildman–Crippen LogP) is 4.03. The number of aliphatic imine (C=N–C) groups is 1. The first-order valence-electron chi connectivity index (χ1n) is 10.9. The van der Waals surface area contributed by atoms with E-state index in [1.54, 1.807) is 14.2 Å². The number of halogens is 3. The third kappa shape index (κ3) is 7.93. The van der Waals surface area contributed by atoms with Crippen LogP contribution >= 0.6 is 24.0 Å². The average Bonchev–Trinajstić information content (AvgIpc) is 3.26. The van der Waals surface area contributed by atoms with Crippen LogP contribution in [0.25, 0.3) is 0 Å². The minimum atomic E-state index is -2.27. The van der Waals surface area contributed by atoms with Crippen LogP contribution in [-0.2, 0) is 6.54 Å². The fourth-order valence-corrected chi connectivity index (χ4v) is 4.19. The Bertz CT molecular complexity index is 694. The molecule has 0 amide bonds. The summed E-state index contributed by atoms with van der Waals surface area (Å²) in [6.45, 7) is 1.77. The second-order valence-corrected chi connectivity index (χ2v) is 8.01. The number of para-hydroxylation sites is 1. The summed E-state index contributed by atoms with van der Waals surface area (Å²) in [5.74, 6) is 2.25. The molecule has 0 unspecified atom stereocenters. The van der Waals surface area contributed by atoms with Gasteiger partial charge in [0.15, 0.2) is 17.5 Å². The zero-order chi connectivity index (χ0) is 21.3. The van der Waals surface area contributed by atoms with Gasteiger partial charge in [0.1, 0.15) is 0 Å². The van der Waals surface area contributed by atoms with Gasteiger partial charge < -0.3 is 20.1 Å². The number of methoxy groups -OCH3 is 1. The molecule has 0 radical (unpaired) electrons. The van der Waals surface area contributed by atoms with Crippen LogP contribution in [0.15, 0.2) is 23.2 Å². The Kier molecular flexibility index (Phi) is 11.1. The van der Waals surface area contributed by atoms with Gasteiger partial charge >= 0.3 is 0 Å². The standard InChI is InChI=1S/C22H34F2N4O2.HI/c1-25-22(27-17-10-12-28(13-11-17)15-20(23)24)26-14-16-6-5-9-19(29-2)21(16)30-18-7-3-4-8-18;/h5-6,9,17-18,20H,3-4,7-8,10-15H2,1-2H3,(H2,25,26,27);1H. The van der Waals surface area contributed by atoms with Gasteiger partial charge in [0.05, 0.1) is 19.8 Å². The maximum absolute atomic E-state index is 12.6. The number of hydrogen-bond acceptors (Lipinski definition) is 4. The maximum Gasteiger partial charge on any atom is 0.251 e. The van der Waals surface area contributed by atoms with Crippen LogP contribution in [0.5, 0.6) is 11.5 Å². The molecule has 2 aliphatic rings. The second kappa shape index (κ2) is 13.2. The molecule has 3 rings (SSSR count). The van der Waals surface area contributed by atoms with Crippen molar-refractivity contribution in [2.24, 2.45) is 4.99 Å². The van der Waals surface area contributed by atoms with Gasteiger partial charge in [-0.1, -0.05) is 12.1 Å². The molecule has 1 aromatic rings. The molecule has 1 saturated heterocycles. The highest BCUT2D eigenvalue weighted by molar-refractivity contribution is 14.0. The van der Waals surface area contributed by atoms with Crippen molar-refractivity contribution in [1.82, 2.24) is 15.5 Å². The highest BCUT2D eigenvalue weighted by Crippen LogP contribution is 2.34. The van der Waals surface area contributed by atoms with E-state index in [1.165, 1.54) is 12.8 Å². The number of nitrogens with zero attached hydrogens (tertiary/aromatic N) is 2. The first kappa shape index (κ1) is 25.9. The quantitative estimate of drug-likeness (QED) is 0.290. The van der Waals surface area contributed by atoms with Crippen molar-refractivity contribution in [3.63, 3.8) is 0 Å². The molecule has 1 aliphatic carbocycles. The van der Waals surface area contributed by atoms with E-state index in [0.29, 0.717) is 25.6 Å². The number of nitrogens with one attached hydrogen (secondary N) is 2. The summed E-state index contributed by atoms with van der Waals surface area (Å²) in [6, 6.07) is 6.15. The van der Waals surface area contributed by atoms with E-state index in [4.69, 9.17) is 9.47 Å². The molecule has 1 aromatic carbocycles. The summed E-state index contributed by atoms with van der Waals surface area (Å²) < 4.78 is 36.9. The zero-order valence-electron chi connectivity index (χ0n) is 18.4. The molecule has 1 saturated carbocycles. The Morgan fingerprint density at radius 1 is 1.19 bits per heavy atom. The van der Waals surface area contributed by atoms with E-state index in [0.717, 1.165) is 42.7 Å². The number of hydrogen-bond donors (Lipinski definition) is 2. The number of piperidine rings is 1. The van der Waals surface area contributed by atoms with Crippen molar-refractivity contribution in [2.75, 3.05) is 33.8 Å². The van der Waals surface area contributed by atoms with E-state index < -0.39 is 6.43 Å². The van der Waals surface area contributed by atoms with E-state index in [9.17, 15) is 8.78 Å².